The molecule has 5 heteroatoms. The minimum atomic E-state index is -0.819. The predicted octanol–water partition coefficient (Wildman–Crippen LogP) is -0.406. The van der Waals surface area contributed by atoms with Gasteiger partial charge in [0.05, 0.1) is 12.6 Å². The Morgan fingerprint density at radius 2 is 2.00 bits per heavy atom. The van der Waals surface area contributed by atoms with Crippen LogP contribution in [0, 0.1) is 0 Å². The largest absolute Gasteiger partial charge is 0.480 e. The zero-order valence-electron chi connectivity index (χ0n) is 8.56. The summed E-state index contributed by atoms with van der Waals surface area (Å²) >= 11 is 0. The van der Waals surface area contributed by atoms with Crippen molar-refractivity contribution in [2.24, 2.45) is 5.73 Å². The monoisotopic (exact) mass is 212 g/mol. The molecule has 2 fully saturated rings. The maximum Gasteiger partial charge on any atom is 0.320 e. The van der Waals surface area contributed by atoms with Crippen molar-refractivity contribution >= 4 is 11.8 Å². The fourth-order valence-electron chi connectivity index (χ4n) is 2.58. The van der Waals surface area contributed by atoms with Crippen molar-refractivity contribution in [2.45, 2.75) is 43.8 Å². The van der Waals surface area contributed by atoms with Crippen molar-refractivity contribution in [3.63, 3.8) is 0 Å². The van der Waals surface area contributed by atoms with E-state index in [4.69, 9.17) is 10.8 Å². The number of nitrogens with two attached hydrogens (primary N) is 1. The first-order valence-electron chi connectivity index (χ1n) is 5.36. The van der Waals surface area contributed by atoms with Crippen molar-refractivity contribution in [3.8, 4) is 0 Å². The molecule has 15 heavy (non-hydrogen) atoms. The van der Waals surface area contributed by atoms with Gasteiger partial charge in [0.15, 0.2) is 5.78 Å². The van der Waals surface area contributed by atoms with Gasteiger partial charge in [0.25, 0.3) is 0 Å². The highest BCUT2D eigenvalue weighted by Gasteiger charge is 2.41. The minimum absolute atomic E-state index is 0.0225. The predicted molar refractivity (Wildman–Crippen MR) is 53.4 cm³/mol. The summed E-state index contributed by atoms with van der Waals surface area (Å²) in [7, 11) is 0. The molecular weight excluding hydrogens is 196 g/mol. The van der Waals surface area contributed by atoms with E-state index in [0.717, 1.165) is 12.8 Å². The van der Waals surface area contributed by atoms with Crippen LogP contribution in [-0.2, 0) is 9.59 Å². The first-order valence-corrected chi connectivity index (χ1v) is 5.36. The van der Waals surface area contributed by atoms with Gasteiger partial charge in [-0.25, -0.2) is 0 Å². The Kier molecular flexibility index (Phi) is 2.75. The van der Waals surface area contributed by atoms with Crippen molar-refractivity contribution in [3.05, 3.63) is 0 Å². The van der Waals surface area contributed by atoms with E-state index in [1.807, 2.05) is 4.90 Å². The highest BCUT2D eigenvalue weighted by Crippen LogP contribution is 2.29. The second kappa shape index (κ2) is 3.90. The van der Waals surface area contributed by atoms with Crippen molar-refractivity contribution < 1.29 is 14.7 Å². The lowest BCUT2D eigenvalue weighted by molar-refractivity contribution is -0.143. The van der Waals surface area contributed by atoms with Gasteiger partial charge < -0.3 is 10.8 Å². The Morgan fingerprint density at radius 1 is 1.33 bits per heavy atom. The summed E-state index contributed by atoms with van der Waals surface area (Å²) in [5.41, 5.74) is 5.68. The van der Waals surface area contributed by atoms with Crippen LogP contribution in [0.25, 0.3) is 0 Å². The summed E-state index contributed by atoms with van der Waals surface area (Å²) in [6.45, 7) is 0.211. The van der Waals surface area contributed by atoms with Gasteiger partial charge >= 0.3 is 5.97 Å². The van der Waals surface area contributed by atoms with Gasteiger partial charge in [0, 0.05) is 6.04 Å². The Bertz CT molecular complexity index is 292. The van der Waals surface area contributed by atoms with Gasteiger partial charge in [-0.2, -0.15) is 0 Å². The highest BCUT2D eigenvalue weighted by atomic mass is 16.4. The number of carboxylic acids is 1. The summed E-state index contributed by atoms with van der Waals surface area (Å²) < 4.78 is 0. The Balaban J connectivity index is 2.14. The third-order valence-electron chi connectivity index (χ3n) is 3.49. The van der Waals surface area contributed by atoms with E-state index in [0.29, 0.717) is 12.8 Å². The van der Waals surface area contributed by atoms with Crippen molar-refractivity contribution in [1.29, 1.82) is 0 Å². The Labute approximate surface area is 88.2 Å². The van der Waals surface area contributed by atoms with E-state index in [9.17, 15) is 9.59 Å². The van der Waals surface area contributed by atoms with E-state index in [1.54, 1.807) is 0 Å². The average molecular weight is 212 g/mol. The van der Waals surface area contributed by atoms with Crippen LogP contribution >= 0.6 is 0 Å². The number of carbonyl (C=O) groups excluding carboxylic acids is 1. The lowest BCUT2D eigenvalue weighted by Gasteiger charge is -2.24. The fourth-order valence-corrected chi connectivity index (χ4v) is 2.58. The molecule has 0 aromatic carbocycles. The van der Waals surface area contributed by atoms with Crippen LogP contribution in [0.1, 0.15) is 25.7 Å². The first kappa shape index (κ1) is 10.6. The average Bonchev–Trinajstić information content (AvgIpc) is 2.51. The summed E-state index contributed by atoms with van der Waals surface area (Å²) in [4.78, 5) is 24.4. The number of nitrogens with zero attached hydrogens (tertiary/aromatic N) is 1. The molecule has 84 valence electrons. The number of ketones is 1. The third kappa shape index (κ3) is 1.89. The molecule has 0 spiro atoms. The number of hydrogen-bond donors (Lipinski definition) is 2. The SMILES string of the molecule is NC1CCC2CCC(C(=O)O)N2CC1=O. The number of Topliss-reactive ketones (excluding diaryl/α,β-unsaturated/α-hetero) is 1. The number of carbonyl (C=O) groups is 2. The van der Waals surface area contributed by atoms with Crippen molar-refractivity contribution in [1.82, 2.24) is 4.90 Å². The molecule has 2 aliphatic rings. The van der Waals surface area contributed by atoms with Crippen LogP contribution in [0.2, 0.25) is 0 Å². The molecule has 2 aliphatic heterocycles. The maximum atomic E-state index is 11.6. The van der Waals surface area contributed by atoms with E-state index in [2.05, 4.69) is 0 Å². The molecule has 5 nitrogen and oxygen atoms in total. The molecule has 0 bridgehead atoms. The van der Waals surface area contributed by atoms with E-state index in [1.165, 1.54) is 0 Å². The third-order valence-corrected chi connectivity index (χ3v) is 3.49. The van der Waals surface area contributed by atoms with E-state index in [-0.39, 0.29) is 18.4 Å². The van der Waals surface area contributed by atoms with Gasteiger partial charge in [-0.15, -0.1) is 0 Å². The zero-order valence-corrected chi connectivity index (χ0v) is 8.56. The van der Waals surface area contributed by atoms with Crippen LogP contribution in [0.15, 0.2) is 0 Å². The molecule has 0 aromatic rings. The second-order valence-corrected chi connectivity index (χ2v) is 4.41. The Hall–Kier alpha value is -0.940. The lowest BCUT2D eigenvalue weighted by atomic mass is 10.0. The van der Waals surface area contributed by atoms with Crippen LogP contribution < -0.4 is 5.73 Å². The molecule has 3 N–H and O–H groups in total. The number of fused-ring (bicyclic) bond motifs is 1. The lowest BCUT2D eigenvalue weighted by Crippen LogP contribution is -2.44. The van der Waals surface area contributed by atoms with Crippen molar-refractivity contribution in [2.75, 3.05) is 6.54 Å². The van der Waals surface area contributed by atoms with Gasteiger partial charge in [0.2, 0.25) is 0 Å². The standard InChI is InChI=1S/C10H16N2O3/c11-7-3-1-6-2-4-8(10(14)15)12(6)5-9(7)13/h6-8H,1-5,11H2,(H,14,15). The quantitative estimate of drug-likeness (QED) is 0.617. The number of hydrogen-bond acceptors (Lipinski definition) is 4. The molecule has 2 saturated heterocycles. The van der Waals surface area contributed by atoms with Crippen LogP contribution in [0.4, 0.5) is 0 Å². The molecule has 0 radical (unpaired) electrons. The molecule has 2 heterocycles. The minimum Gasteiger partial charge on any atom is -0.480 e. The maximum absolute atomic E-state index is 11.6. The van der Waals surface area contributed by atoms with Crippen LogP contribution in [0.3, 0.4) is 0 Å². The van der Waals surface area contributed by atoms with Gasteiger partial charge in [0.1, 0.15) is 6.04 Å². The topological polar surface area (TPSA) is 83.6 Å². The normalized spacial score (nSPS) is 37.4. The fraction of sp³-hybridized carbons (Fsp3) is 0.800. The Morgan fingerprint density at radius 3 is 2.67 bits per heavy atom. The molecule has 3 atom stereocenters. The number of aliphatic carboxylic acids is 1. The molecule has 0 amide bonds. The van der Waals surface area contributed by atoms with Gasteiger partial charge in [-0.05, 0) is 25.7 Å². The smallest absolute Gasteiger partial charge is 0.320 e. The summed E-state index contributed by atoms with van der Waals surface area (Å²) in [6, 6.07) is -0.641. The zero-order chi connectivity index (χ0) is 11.0. The molecular formula is C10H16N2O3. The molecule has 0 saturated carbocycles. The molecule has 2 rings (SSSR count). The highest BCUT2D eigenvalue weighted by molar-refractivity contribution is 5.86. The van der Waals surface area contributed by atoms with Gasteiger partial charge in [-0.1, -0.05) is 0 Å². The first-order chi connectivity index (χ1) is 7.09. The summed E-state index contributed by atoms with van der Waals surface area (Å²) in [5.74, 6) is -0.841. The van der Waals surface area contributed by atoms with E-state index >= 15 is 0 Å². The van der Waals surface area contributed by atoms with Crippen LogP contribution in [-0.4, -0.2) is 46.4 Å². The summed E-state index contributed by atoms with van der Waals surface area (Å²) in [6.07, 6.45) is 3.06. The molecule has 0 aliphatic carbocycles. The number of carboxylic acid groups (broad SMARTS) is 1. The van der Waals surface area contributed by atoms with Gasteiger partial charge in [-0.3, -0.25) is 14.5 Å². The molecule has 0 aromatic heterocycles. The number of rotatable bonds is 1. The molecule has 3 unspecified atom stereocenters. The second-order valence-electron chi connectivity index (χ2n) is 4.41. The van der Waals surface area contributed by atoms with E-state index < -0.39 is 18.1 Å². The van der Waals surface area contributed by atoms with Crippen LogP contribution in [0.5, 0.6) is 0 Å². The summed E-state index contributed by atoms with van der Waals surface area (Å²) in [5, 5.41) is 9.01.